The van der Waals surface area contributed by atoms with Crippen molar-refractivity contribution < 1.29 is 28.8 Å². The molecule has 0 spiro atoms. The van der Waals surface area contributed by atoms with Crippen LogP contribution in [0.4, 0.5) is 5.82 Å². The molecule has 0 saturated carbocycles. The van der Waals surface area contributed by atoms with Crippen LogP contribution in [0.2, 0.25) is 0 Å². The highest BCUT2D eigenvalue weighted by atomic mass is 16.6. The number of amides is 1. The summed E-state index contributed by atoms with van der Waals surface area (Å²) in [5.41, 5.74) is 2.90. The van der Waals surface area contributed by atoms with Crippen LogP contribution in [-0.2, 0) is 15.1 Å². The molecule has 3 heterocycles. The molecule has 4 aromatic carbocycles. The van der Waals surface area contributed by atoms with Crippen LogP contribution in [-0.4, -0.2) is 63.6 Å². The first kappa shape index (κ1) is 32.0. The zero-order valence-corrected chi connectivity index (χ0v) is 27.0. The molecule has 2 N–H and O–H groups in total. The molecule has 2 aromatic heterocycles. The Morgan fingerprint density at radius 2 is 1.43 bits per heavy atom. The summed E-state index contributed by atoms with van der Waals surface area (Å²) in [5.74, 6) is 1.40. The van der Waals surface area contributed by atoms with Gasteiger partial charge in [0.05, 0.1) is 33.3 Å². The molecule has 0 bridgehead atoms. The number of methoxy groups -OCH3 is 2. The van der Waals surface area contributed by atoms with Gasteiger partial charge < -0.3 is 29.4 Å². The van der Waals surface area contributed by atoms with E-state index in [-0.39, 0.29) is 18.3 Å². The van der Waals surface area contributed by atoms with Crippen LogP contribution < -0.4 is 14.8 Å². The second-order valence-electron chi connectivity index (χ2n) is 11.6. The Bertz CT molecular complexity index is 1970. The van der Waals surface area contributed by atoms with Crippen molar-refractivity contribution >= 4 is 22.9 Å². The largest absolute Gasteiger partial charge is 0.497 e. The molecule has 1 saturated heterocycles. The zero-order valence-electron chi connectivity index (χ0n) is 27.0. The Hall–Kier alpha value is -5.62. The molecule has 7 rings (SSSR count). The molecule has 6 aromatic rings. The number of imidazole rings is 1. The van der Waals surface area contributed by atoms with Crippen LogP contribution in [0.3, 0.4) is 0 Å². The Balaban J connectivity index is 1.26. The van der Waals surface area contributed by atoms with Crippen molar-refractivity contribution in [3.63, 3.8) is 0 Å². The number of aliphatic hydroxyl groups excluding tert-OH is 1. The molecule has 1 aliphatic heterocycles. The number of aromatic nitrogens is 4. The van der Waals surface area contributed by atoms with Gasteiger partial charge in [0.2, 0.25) is 0 Å². The van der Waals surface area contributed by atoms with Crippen LogP contribution in [0.1, 0.15) is 39.7 Å². The standard InChI is InChI=1S/C38H35N5O6/c1-46-29-17-13-27(14-18-29)38(26-11-7-4-8-12-26,28-15-19-30(47-2)20-16-28)49-31-21-33(48-32(31)22-44)43-24-41-34-35(39-23-40-36(34)43)42-37(45)25-9-5-3-6-10-25/h3-20,23-24,31-33,44H,21-22H2,1-2H3,(H,39,40,42,45)/t31-,32+,33-/m0/s1. The quantitative estimate of drug-likeness (QED) is 0.167. The van der Waals surface area contributed by atoms with Crippen LogP contribution in [0.25, 0.3) is 11.2 Å². The van der Waals surface area contributed by atoms with E-state index in [1.807, 2.05) is 84.9 Å². The first-order valence-corrected chi connectivity index (χ1v) is 15.9. The van der Waals surface area contributed by atoms with Crippen molar-refractivity contribution in [1.29, 1.82) is 0 Å². The molecular formula is C38H35N5O6. The number of anilines is 1. The molecule has 11 heteroatoms. The SMILES string of the molecule is COc1ccc(C(O[C@H]2C[C@@H](n3cnc4c(NC(=O)c5ccccc5)ncnc43)O[C@@H]2CO)(c2ccccc2)c2ccc(OC)cc2)cc1. The van der Waals surface area contributed by atoms with E-state index in [1.165, 1.54) is 6.33 Å². The summed E-state index contributed by atoms with van der Waals surface area (Å²) >= 11 is 0. The third-order valence-electron chi connectivity index (χ3n) is 8.80. The van der Waals surface area contributed by atoms with Crippen LogP contribution in [0.5, 0.6) is 11.5 Å². The fourth-order valence-corrected chi connectivity index (χ4v) is 6.34. The molecule has 1 fully saturated rings. The van der Waals surface area contributed by atoms with Crippen molar-refractivity contribution in [3.8, 4) is 11.5 Å². The Morgan fingerprint density at radius 3 is 2.02 bits per heavy atom. The van der Waals surface area contributed by atoms with Gasteiger partial charge in [0.15, 0.2) is 17.0 Å². The molecular weight excluding hydrogens is 622 g/mol. The van der Waals surface area contributed by atoms with Crippen molar-refractivity contribution in [2.24, 2.45) is 0 Å². The van der Waals surface area contributed by atoms with Gasteiger partial charge in [0.25, 0.3) is 5.91 Å². The van der Waals surface area contributed by atoms with Gasteiger partial charge in [0, 0.05) is 12.0 Å². The average Bonchev–Trinajstić information content (AvgIpc) is 3.79. The number of nitrogens with one attached hydrogen (secondary N) is 1. The molecule has 49 heavy (non-hydrogen) atoms. The Kier molecular flexibility index (Phi) is 9.03. The highest BCUT2D eigenvalue weighted by Crippen LogP contribution is 2.46. The van der Waals surface area contributed by atoms with Crippen LogP contribution in [0.15, 0.2) is 122 Å². The minimum absolute atomic E-state index is 0.280. The minimum atomic E-state index is -1.11. The van der Waals surface area contributed by atoms with Crippen molar-refractivity contribution in [3.05, 3.63) is 144 Å². The Morgan fingerprint density at radius 1 is 0.837 bits per heavy atom. The maximum atomic E-state index is 12.9. The van der Waals surface area contributed by atoms with Gasteiger partial charge in [-0.25, -0.2) is 15.0 Å². The maximum Gasteiger partial charge on any atom is 0.256 e. The fourth-order valence-electron chi connectivity index (χ4n) is 6.34. The van der Waals surface area contributed by atoms with Gasteiger partial charge >= 0.3 is 0 Å². The minimum Gasteiger partial charge on any atom is -0.497 e. The van der Waals surface area contributed by atoms with Gasteiger partial charge in [-0.05, 0) is 53.1 Å². The summed E-state index contributed by atoms with van der Waals surface area (Å²) in [4.78, 5) is 26.2. The smallest absolute Gasteiger partial charge is 0.256 e. The van der Waals surface area contributed by atoms with Crippen molar-refractivity contribution in [1.82, 2.24) is 19.5 Å². The highest BCUT2D eigenvalue weighted by Gasteiger charge is 2.46. The number of nitrogens with zero attached hydrogens (tertiary/aromatic N) is 4. The number of benzene rings is 4. The van der Waals surface area contributed by atoms with E-state index in [0.29, 0.717) is 34.6 Å². The normalized spacial score (nSPS) is 17.6. The monoisotopic (exact) mass is 657 g/mol. The van der Waals surface area contributed by atoms with Crippen LogP contribution >= 0.6 is 0 Å². The summed E-state index contributed by atoms with van der Waals surface area (Å²) in [6, 6.07) is 34.4. The molecule has 3 atom stereocenters. The van der Waals surface area contributed by atoms with Gasteiger partial charge in [-0.1, -0.05) is 72.8 Å². The zero-order chi connectivity index (χ0) is 33.8. The third-order valence-corrected chi connectivity index (χ3v) is 8.80. The van der Waals surface area contributed by atoms with E-state index in [9.17, 15) is 9.90 Å². The lowest BCUT2D eigenvalue weighted by Gasteiger charge is -2.39. The first-order chi connectivity index (χ1) is 24.0. The predicted octanol–water partition coefficient (Wildman–Crippen LogP) is 5.75. The number of hydrogen-bond acceptors (Lipinski definition) is 9. The molecule has 0 unspecified atom stereocenters. The number of hydrogen-bond donors (Lipinski definition) is 2. The number of rotatable bonds is 11. The molecule has 1 aliphatic rings. The van der Waals surface area contributed by atoms with E-state index >= 15 is 0 Å². The third kappa shape index (κ3) is 6.11. The molecule has 0 aliphatic carbocycles. The highest BCUT2D eigenvalue weighted by molar-refractivity contribution is 6.06. The van der Waals surface area contributed by atoms with E-state index in [0.717, 1.165) is 16.7 Å². The molecule has 11 nitrogen and oxygen atoms in total. The van der Waals surface area contributed by atoms with Gasteiger partial charge in [-0.15, -0.1) is 0 Å². The first-order valence-electron chi connectivity index (χ1n) is 15.9. The summed E-state index contributed by atoms with van der Waals surface area (Å²) < 4.78 is 26.5. The van der Waals surface area contributed by atoms with Crippen LogP contribution in [0, 0.1) is 0 Å². The van der Waals surface area contributed by atoms with Gasteiger partial charge in [-0.3, -0.25) is 9.36 Å². The second kappa shape index (κ2) is 13.9. The van der Waals surface area contributed by atoms with E-state index < -0.39 is 24.0 Å². The maximum absolute atomic E-state index is 12.9. The lowest BCUT2D eigenvalue weighted by molar-refractivity contribution is -0.0988. The second-order valence-corrected chi connectivity index (χ2v) is 11.6. The molecule has 248 valence electrons. The van der Waals surface area contributed by atoms with E-state index in [1.54, 1.807) is 49.4 Å². The fraction of sp³-hybridized carbons (Fsp3) is 0.211. The predicted molar refractivity (Wildman–Crippen MR) is 183 cm³/mol. The number of ether oxygens (including phenoxy) is 4. The van der Waals surface area contributed by atoms with Gasteiger partial charge in [-0.2, -0.15) is 0 Å². The number of carbonyl (C=O) groups excluding carboxylic acids is 1. The van der Waals surface area contributed by atoms with E-state index in [4.69, 9.17) is 18.9 Å². The molecule has 1 amide bonds. The Labute approximate surface area is 283 Å². The van der Waals surface area contributed by atoms with E-state index in [2.05, 4.69) is 20.3 Å². The van der Waals surface area contributed by atoms with Crippen molar-refractivity contribution in [2.45, 2.75) is 30.5 Å². The van der Waals surface area contributed by atoms with Gasteiger partial charge in [0.1, 0.15) is 35.8 Å². The lowest BCUT2D eigenvalue weighted by atomic mass is 9.79. The summed E-state index contributed by atoms with van der Waals surface area (Å²) in [7, 11) is 3.26. The topological polar surface area (TPSA) is 130 Å². The number of fused-ring (bicyclic) bond motifs is 1. The summed E-state index contributed by atoms with van der Waals surface area (Å²) in [5, 5.41) is 13.5. The number of carbonyl (C=O) groups is 1. The average molecular weight is 658 g/mol. The summed E-state index contributed by atoms with van der Waals surface area (Å²) in [6.45, 7) is -0.280. The van der Waals surface area contributed by atoms with Crippen molar-refractivity contribution in [2.75, 3.05) is 26.1 Å². The number of aliphatic hydroxyl groups is 1. The molecule has 0 radical (unpaired) electrons. The lowest BCUT2D eigenvalue weighted by Crippen LogP contribution is -2.40. The summed E-state index contributed by atoms with van der Waals surface area (Å²) in [6.07, 6.45) is 1.52.